The van der Waals surface area contributed by atoms with Crippen molar-refractivity contribution in [2.24, 2.45) is 25.9 Å². The summed E-state index contributed by atoms with van der Waals surface area (Å²) < 4.78 is 9.72. The third-order valence-electron chi connectivity index (χ3n) is 7.30. The molecule has 3 rings (SSSR count). The van der Waals surface area contributed by atoms with Gasteiger partial charge < -0.3 is 18.8 Å². The van der Waals surface area contributed by atoms with E-state index < -0.39 is 0 Å². The average molecular weight is 680 g/mol. The maximum absolute atomic E-state index is 11.5. The van der Waals surface area contributed by atoms with Crippen LogP contribution in [0.25, 0.3) is 0 Å². The fourth-order valence-electron chi connectivity index (χ4n) is 5.53. The lowest BCUT2D eigenvalue weighted by Crippen LogP contribution is -2.33. The van der Waals surface area contributed by atoms with E-state index in [4.69, 9.17) is 4.74 Å². The number of allylic oxidation sites excluding steroid dienone is 2. The summed E-state index contributed by atoms with van der Waals surface area (Å²) in [4.78, 5) is 13.8. The monoisotopic (exact) mass is 680 g/mol. The number of hydrogen-bond donors (Lipinski definition) is 0. The van der Waals surface area contributed by atoms with Gasteiger partial charge in [0.25, 0.3) is 0 Å². The number of aromatic nitrogens is 2. The lowest BCUT2D eigenvalue weighted by Gasteiger charge is -2.34. The third kappa shape index (κ3) is 18.4. The Hall–Kier alpha value is -2.43. The first-order chi connectivity index (χ1) is 21.0. The van der Waals surface area contributed by atoms with Crippen molar-refractivity contribution in [3.05, 3.63) is 68.7 Å². The largest absolute Gasteiger partial charge is 0.494 e. The molecular formula is C43H89N3O2. The van der Waals surface area contributed by atoms with Gasteiger partial charge in [-0.25, -0.2) is 0 Å². The van der Waals surface area contributed by atoms with Gasteiger partial charge in [0.15, 0.2) is 0 Å². The van der Waals surface area contributed by atoms with Gasteiger partial charge in [0, 0.05) is 50.7 Å². The molecule has 0 unspecified atom stereocenters. The van der Waals surface area contributed by atoms with Crippen LogP contribution in [0, 0.1) is 11.8 Å². The molecular weight excluding hydrogens is 590 g/mol. The number of nitrogens with zero attached hydrogens (tertiary/aromatic N) is 3. The molecule has 0 aromatic carbocycles. The summed E-state index contributed by atoms with van der Waals surface area (Å²) >= 11 is 0. The topological polar surface area (TPSA) is 39.4 Å². The molecule has 2 aromatic heterocycles. The summed E-state index contributed by atoms with van der Waals surface area (Å²) in [6.45, 7) is 40.3. The highest BCUT2D eigenvalue weighted by Crippen LogP contribution is 2.28. The lowest BCUT2D eigenvalue weighted by molar-refractivity contribution is 0.111. The number of ether oxygens (including phenoxy) is 1. The van der Waals surface area contributed by atoms with E-state index in [9.17, 15) is 4.79 Å². The van der Waals surface area contributed by atoms with E-state index >= 15 is 0 Å². The van der Waals surface area contributed by atoms with Gasteiger partial charge in [-0.2, -0.15) is 0 Å². The molecule has 0 aliphatic carbocycles. The lowest BCUT2D eigenvalue weighted by atomic mass is 9.95. The molecule has 48 heavy (non-hydrogen) atoms. The van der Waals surface area contributed by atoms with Gasteiger partial charge in [0.1, 0.15) is 12.4 Å². The molecule has 0 atom stereocenters. The highest BCUT2D eigenvalue weighted by atomic mass is 16.5. The van der Waals surface area contributed by atoms with Crippen molar-refractivity contribution in [1.82, 2.24) is 14.0 Å². The van der Waals surface area contributed by atoms with E-state index in [2.05, 4.69) is 119 Å². The van der Waals surface area contributed by atoms with Crippen LogP contribution < -0.4 is 5.56 Å². The summed E-state index contributed by atoms with van der Waals surface area (Å²) in [5, 5.41) is 0. The minimum absolute atomic E-state index is 0. The van der Waals surface area contributed by atoms with Gasteiger partial charge in [0.2, 0.25) is 5.56 Å². The first kappa shape index (κ1) is 57.8. The standard InChI is InChI=1S/C12H19NO.C11H21NO.C11H19N.3C2H6.3CH4/c1-8(2)10-6-7-11(14)13(5)12(10)9(3)4;1-8(2)10-11(9(3)4)13-7-6-12(10)5;1-8(2)10-6-7-12(5)11(10)9(3)4;3*1-2;;;/h6-9H,1-5H3;8-9H,6-7H2,1-5H3;6-9H,1-5H3;3*1-2H3;3*1H4. The highest BCUT2D eigenvalue weighted by Gasteiger charge is 2.22. The fourth-order valence-corrected chi connectivity index (χ4v) is 5.53. The molecule has 0 radical (unpaired) electrons. The Labute approximate surface area is 303 Å². The van der Waals surface area contributed by atoms with Crippen molar-refractivity contribution in [2.75, 3.05) is 20.2 Å². The van der Waals surface area contributed by atoms with Crippen LogP contribution in [0.2, 0.25) is 0 Å². The smallest absolute Gasteiger partial charge is 0.250 e. The number of likely N-dealkylation sites (N-methyl/N-ethyl adjacent to an activating group) is 1. The SMILES string of the molecule is C.C.C.CC.CC.CC.CC(C)C1=C(C(C)C)N(C)CCO1.CC(C)c1ccc(=O)n(C)c1C(C)C.CC(C)c1ccn(C)c1C(C)C. The minimum atomic E-state index is 0. The second kappa shape index (κ2) is 30.6. The molecule has 2 aromatic rings. The van der Waals surface area contributed by atoms with Crippen LogP contribution in [0.3, 0.4) is 0 Å². The van der Waals surface area contributed by atoms with Crippen LogP contribution in [0.15, 0.2) is 40.6 Å². The summed E-state index contributed by atoms with van der Waals surface area (Å²) in [5.41, 5.74) is 6.87. The predicted octanol–water partition coefficient (Wildman–Crippen LogP) is 13.4. The Morgan fingerprint density at radius 2 is 0.979 bits per heavy atom. The van der Waals surface area contributed by atoms with Crippen molar-refractivity contribution in [2.45, 2.75) is 171 Å². The zero-order valence-electron chi connectivity index (χ0n) is 33.8. The molecule has 0 spiro atoms. The quantitative estimate of drug-likeness (QED) is 0.305. The molecule has 0 saturated carbocycles. The second-order valence-electron chi connectivity index (χ2n) is 12.8. The summed E-state index contributed by atoms with van der Waals surface area (Å²) in [6, 6.07) is 5.85. The fraction of sp³-hybridized carbons (Fsp3) is 0.744. The molecule has 1 aliphatic heterocycles. The minimum Gasteiger partial charge on any atom is -0.494 e. The molecule has 0 N–H and O–H groups in total. The predicted molar refractivity (Wildman–Crippen MR) is 223 cm³/mol. The first-order valence-corrected chi connectivity index (χ1v) is 18.0. The van der Waals surface area contributed by atoms with Crippen LogP contribution in [0.4, 0.5) is 0 Å². The van der Waals surface area contributed by atoms with E-state index in [1.165, 1.54) is 28.3 Å². The summed E-state index contributed by atoms with van der Waals surface area (Å²) in [6.07, 6.45) is 2.16. The number of aryl methyl sites for hydroxylation is 1. The highest BCUT2D eigenvalue weighted by molar-refractivity contribution is 5.28. The van der Waals surface area contributed by atoms with Gasteiger partial charge in [-0.05, 0) is 46.8 Å². The van der Waals surface area contributed by atoms with Crippen molar-refractivity contribution in [1.29, 1.82) is 0 Å². The summed E-state index contributed by atoms with van der Waals surface area (Å²) in [5.74, 6) is 4.38. The van der Waals surface area contributed by atoms with E-state index in [0.29, 0.717) is 35.5 Å². The van der Waals surface area contributed by atoms with Gasteiger partial charge >= 0.3 is 0 Å². The van der Waals surface area contributed by atoms with Crippen molar-refractivity contribution >= 4 is 0 Å². The van der Waals surface area contributed by atoms with Crippen LogP contribution in [0.1, 0.15) is 193 Å². The molecule has 288 valence electrons. The Morgan fingerprint density at radius 1 is 0.562 bits per heavy atom. The Morgan fingerprint density at radius 3 is 1.29 bits per heavy atom. The average Bonchev–Trinajstić information content (AvgIpc) is 3.39. The van der Waals surface area contributed by atoms with Crippen LogP contribution in [-0.4, -0.2) is 34.2 Å². The van der Waals surface area contributed by atoms with Crippen molar-refractivity contribution in [3.63, 3.8) is 0 Å². The van der Waals surface area contributed by atoms with E-state index in [0.717, 1.165) is 18.8 Å². The maximum Gasteiger partial charge on any atom is 0.250 e. The number of hydrogen-bond acceptors (Lipinski definition) is 3. The number of rotatable bonds is 6. The second-order valence-corrected chi connectivity index (χ2v) is 12.8. The zero-order valence-corrected chi connectivity index (χ0v) is 33.8. The Balaban J connectivity index is -0.000000124. The summed E-state index contributed by atoms with van der Waals surface area (Å²) in [7, 11) is 6.13. The molecule has 0 fully saturated rings. The van der Waals surface area contributed by atoms with Gasteiger partial charge in [-0.15, -0.1) is 0 Å². The van der Waals surface area contributed by atoms with Crippen LogP contribution in [0.5, 0.6) is 0 Å². The molecule has 1 aliphatic rings. The van der Waals surface area contributed by atoms with Gasteiger partial charge in [-0.1, -0.05) is 153 Å². The molecule has 0 bridgehead atoms. The first-order valence-electron chi connectivity index (χ1n) is 18.0. The normalized spacial score (nSPS) is 11.6. The number of pyridine rings is 1. The van der Waals surface area contributed by atoms with E-state index in [-0.39, 0.29) is 27.8 Å². The Bertz CT molecular complexity index is 1120. The van der Waals surface area contributed by atoms with E-state index in [1.54, 1.807) is 10.6 Å². The van der Waals surface area contributed by atoms with E-state index in [1.807, 2.05) is 54.7 Å². The van der Waals surface area contributed by atoms with Gasteiger partial charge in [0.05, 0.1) is 12.2 Å². The van der Waals surface area contributed by atoms with Crippen molar-refractivity contribution < 1.29 is 4.74 Å². The Kier molecular flexibility index (Phi) is 36.9. The van der Waals surface area contributed by atoms with Crippen molar-refractivity contribution in [3.8, 4) is 0 Å². The maximum atomic E-state index is 11.5. The molecule has 5 nitrogen and oxygen atoms in total. The zero-order chi connectivity index (χ0) is 36.2. The molecule has 3 heterocycles. The third-order valence-corrected chi connectivity index (χ3v) is 7.30. The molecule has 5 heteroatoms. The molecule has 0 saturated heterocycles. The molecule has 0 amide bonds. The van der Waals surface area contributed by atoms with Crippen LogP contribution in [-0.2, 0) is 18.8 Å². The van der Waals surface area contributed by atoms with Crippen LogP contribution >= 0.6 is 0 Å². The van der Waals surface area contributed by atoms with Gasteiger partial charge in [-0.3, -0.25) is 4.79 Å².